The fourth-order valence-corrected chi connectivity index (χ4v) is 4.63. The van der Waals surface area contributed by atoms with Crippen LogP contribution in [0.1, 0.15) is 18.1 Å². The molecule has 0 unspecified atom stereocenters. The normalized spacial score (nSPS) is 15.4. The Bertz CT molecular complexity index is 964. The Balaban J connectivity index is 1.85. The van der Waals surface area contributed by atoms with Crippen LogP contribution in [0, 0.1) is 5.82 Å². The van der Waals surface area contributed by atoms with Crippen molar-refractivity contribution in [3.63, 3.8) is 0 Å². The standard InChI is InChI=1S/C20H17BrFNO3S2/c1-3-23-19(24)17(28-20(23)27)10-13-8-15(21)18(16(9-13)25-2)26-11-12-5-4-6-14(22)7-12/h4-10H,3,11H2,1-2H3. The Morgan fingerprint density at radius 1 is 1.32 bits per heavy atom. The molecule has 1 saturated heterocycles. The summed E-state index contributed by atoms with van der Waals surface area (Å²) in [6.45, 7) is 2.63. The second-order valence-electron chi connectivity index (χ2n) is 5.88. The molecule has 28 heavy (non-hydrogen) atoms. The highest BCUT2D eigenvalue weighted by Gasteiger charge is 2.30. The molecule has 0 bridgehead atoms. The number of hydrogen-bond donors (Lipinski definition) is 0. The summed E-state index contributed by atoms with van der Waals surface area (Å²) in [5.41, 5.74) is 1.49. The van der Waals surface area contributed by atoms with E-state index >= 15 is 0 Å². The maximum atomic E-state index is 13.3. The molecule has 0 saturated carbocycles. The van der Waals surface area contributed by atoms with E-state index in [2.05, 4.69) is 15.9 Å². The molecule has 1 aliphatic heterocycles. The van der Waals surface area contributed by atoms with Gasteiger partial charge in [0, 0.05) is 6.54 Å². The molecule has 1 amide bonds. The van der Waals surface area contributed by atoms with Crippen LogP contribution in [0.3, 0.4) is 0 Å². The van der Waals surface area contributed by atoms with E-state index in [-0.39, 0.29) is 18.3 Å². The van der Waals surface area contributed by atoms with Crippen molar-refractivity contribution in [2.45, 2.75) is 13.5 Å². The van der Waals surface area contributed by atoms with Gasteiger partial charge < -0.3 is 9.47 Å². The topological polar surface area (TPSA) is 38.8 Å². The van der Waals surface area contributed by atoms with Crippen molar-refractivity contribution in [1.29, 1.82) is 0 Å². The molecule has 146 valence electrons. The number of carbonyl (C=O) groups excluding carboxylic acids is 1. The number of thiocarbonyl (C=S) groups is 1. The van der Waals surface area contributed by atoms with Gasteiger partial charge in [0.2, 0.25) is 0 Å². The number of rotatable bonds is 6. The largest absolute Gasteiger partial charge is 0.493 e. The highest BCUT2D eigenvalue weighted by atomic mass is 79.9. The van der Waals surface area contributed by atoms with Crippen LogP contribution in [0.15, 0.2) is 45.8 Å². The molecular formula is C20H17BrFNO3S2. The van der Waals surface area contributed by atoms with Gasteiger partial charge in [-0.05, 0) is 64.3 Å². The fourth-order valence-electron chi connectivity index (χ4n) is 2.67. The van der Waals surface area contributed by atoms with Crippen molar-refractivity contribution in [3.05, 3.63) is 62.7 Å². The Hall–Kier alpha value is -1.90. The van der Waals surface area contributed by atoms with Crippen molar-refractivity contribution in [2.24, 2.45) is 0 Å². The molecule has 0 N–H and O–H groups in total. The van der Waals surface area contributed by atoms with Crippen LogP contribution in [0.4, 0.5) is 4.39 Å². The number of carbonyl (C=O) groups is 1. The number of thioether (sulfide) groups is 1. The van der Waals surface area contributed by atoms with Crippen LogP contribution < -0.4 is 9.47 Å². The molecule has 0 atom stereocenters. The second-order valence-corrected chi connectivity index (χ2v) is 8.41. The van der Waals surface area contributed by atoms with E-state index in [0.717, 1.165) is 5.56 Å². The summed E-state index contributed by atoms with van der Waals surface area (Å²) in [5.74, 6) is 0.596. The van der Waals surface area contributed by atoms with E-state index in [0.29, 0.717) is 37.3 Å². The predicted molar refractivity (Wildman–Crippen MR) is 117 cm³/mol. The monoisotopic (exact) mass is 481 g/mol. The van der Waals surface area contributed by atoms with Crippen molar-refractivity contribution < 1.29 is 18.7 Å². The summed E-state index contributed by atoms with van der Waals surface area (Å²) >= 11 is 10.0. The van der Waals surface area contributed by atoms with E-state index in [1.54, 1.807) is 29.2 Å². The molecule has 0 aromatic heterocycles. The van der Waals surface area contributed by atoms with Crippen molar-refractivity contribution in [2.75, 3.05) is 13.7 Å². The first-order valence-electron chi connectivity index (χ1n) is 8.43. The lowest BCUT2D eigenvalue weighted by Crippen LogP contribution is -2.27. The van der Waals surface area contributed by atoms with Crippen LogP contribution in [-0.4, -0.2) is 28.8 Å². The van der Waals surface area contributed by atoms with E-state index in [4.69, 9.17) is 21.7 Å². The molecule has 3 rings (SSSR count). The highest BCUT2D eigenvalue weighted by Crippen LogP contribution is 2.39. The lowest BCUT2D eigenvalue weighted by atomic mass is 10.1. The molecule has 4 nitrogen and oxygen atoms in total. The van der Waals surface area contributed by atoms with Crippen LogP contribution in [0.2, 0.25) is 0 Å². The number of methoxy groups -OCH3 is 1. The van der Waals surface area contributed by atoms with Gasteiger partial charge in [-0.3, -0.25) is 9.69 Å². The second kappa shape index (κ2) is 9.07. The summed E-state index contributed by atoms with van der Waals surface area (Å²) in [7, 11) is 1.54. The molecule has 1 heterocycles. The summed E-state index contributed by atoms with van der Waals surface area (Å²) in [5, 5.41) is 0. The summed E-state index contributed by atoms with van der Waals surface area (Å²) in [4.78, 5) is 14.5. The first-order valence-corrected chi connectivity index (χ1v) is 10.4. The van der Waals surface area contributed by atoms with Gasteiger partial charge in [0.15, 0.2) is 11.5 Å². The summed E-state index contributed by atoms with van der Waals surface area (Å²) in [6, 6.07) is 9.84. The first kappa shape index (κ1) is 20.8. The highest BCUT2D eigenvalue weighted by molar-refractivity contribution is 9.10. The Labute approximate surface area is 180 Å². The predicted octanol–water partition coefficient (Wildman–Crippen LogP) is 5.40. The lowest BCUT2D eigenvalue weighted by Gasteiger charge is -2.14. The molecule has 8 heteroatoms. The summed E-state index contributed by atoms with van der Waals surface area (Å²) in [6.07, 6.45) is 1.78. The van der Waals surface area contributed by atoms with Gasteiger partial charge in [0.1, 0.15) is 16.7 Å². The van der Waals surface area contributed by atoms with E-state index in [9.17, 15) is 9.18 Å². The number of ether oxygens (including phenoxy) is 2. The van der Waals surface area contributed by atoms with Crippen LogP contribution in [-0.2, 0) is 11.4 Å². The molecule has 1 aliphatic rings. The van der Waals surface area contributed by atoms with Crippen molar-refractivity contribution >= 4 is 56.2 Å². The Morgan fingerprint density at radius 2 is 2.11 bits per heavy atom. The van der Waals surface area contributed by atoms with E-state index < -0.39 is 0 Å². The van der Waals surface area contributed by atoms with Crippen LogP contribution in [0.5, 0.6) is 11.5 Å². The van der Waals surface area contributed by atoms with Gasteiger partial charge in [-0.2, -0.15) is 0 Å². The minimum absolute atomic E-state index is 0.0981. The average molecular weight is 482 g/mol. The third-order valence-electron chi connectivity index (χ3n) is 4.01. The van der Waals surface area contributed by atoms with Gasteiger partial charge in [-0.25, -0.2) is 4.39 Å². The van der Waals surface area contributed by atoms with Gasteiger partial charge in [-0.15, -0.1) is 0 Å². The number of nitrogens with zero attached hydrogens (tertiary/aromatic N) is 1. The molecule has 0 radical (unpaired) electrons. The third-order valence-corrected chi connectivity index (χ3v) is 5.98. The third kappa shape index (κ3) is 4.56. The van der Waals surface area contributed by atoms with Crippen molar-refractivity contribution in [3.8, 4) is 11.5 Å². The molecular weight excluding hydrogens is 465 g/mol. The van der Waals surface area contributed by atoms with Gasteiger partial charge in [0.05, 0.1) is 16.5 Å². The molecule has 2 aromatic rings. The smallest absolute Gasteiger partial charge is 0.266 e. The first-order chi connectivity index (χ1) is 13.4. The molecule has 0 spiro atoms. The quantitative estimate of drug-likeness (QED) is 0.408. The number of hydrogen-bond acceptors (Lipinski definition) is 5. The molecule has 2 aromatic carbocycles. The van der Waals surface area contributed by atoms with E-state index in [1.807, 2.05) is 13.0 Å². The van der Waals surface area contributed by atoms with Crippen molar-refractivity contribution in [1.82, 2.24) is 4.90 Å². The zero-order chi connectivity index (χ0) is 20.3. The van der Waals surface area contributed by atoms with Crippen LogP contribution in [0.25, 0.3) is 6.08 Å². The Morgan fingerprint density at radius 3 is 2.75 bits per heavy atom. The SMILES string of the molecule is CCN1C(=O)C(=Cc2cc(Br)c(OCc3cccc(F)c3)c(OC)c2)SC1=S. The minimum atomic E-state index is -0.313. The maximum Gasteiger partial charge on any atom is 0.266 e. The van der Waals surface area contributed by atoms with E-state index in [1.165, 1.54) is 31.0 Å². The zero-order valence-corrected chi connectivity index (χ0v) is 18.4. The van der Waals surface area contributed by atoms with Gasteiger partial charge in [-0.1, -0.05) is 36.1 Å². The number of likely N-dealkylation sites (N-methyl/N-ethyl adjacent to an activating group) is 1. The number of benzene rings is 2. The minimum Gasteiger partial charge on any atom is -0.493 e. The molecule has 0 aliphatic carbocycles. The number of amides is 1. The summed E-state index contributed by atoms with van der Waals surface area (Å²) < 4.78 is 25.8. The maximum absolute atomic E-state index is 13.3. The van der Waals surface area contributed by atoms with Gasteiger partial charge >= 0.3 is 0 Å². The molecule has 1 fully saturated rings. The average Bonchev–Trinajstić information content (AvgIpc) is 2.93. The lowest BCUT2D eigenvalue weighted by molar-refractivity contribution is -0.121. The zero-order valence-electron chi connectivity index (χ0n) is 15.2. The Kier molecular flexibility index (Phi) is 6.74. The van der Waals surface area contributed by atoms with Crippen LogP contribution >= 0.6 is 39.9 Å². The number of halogens is 2. The van der Waals surface area contributed by atoms with Gasteiger partial charge in [0.25, 0.3) is 5.91 Å². The fraction of sp³-hybridized carbons (Fsp3) is 0.200.